The maximum atomic E-state index is 12.9. The SMILES string of the molecule is N#CC12CC(Oc3ccc(-c4ccc(F)cn4)cc3)(C1)C2. The van der Waals surface area contributed by atoms with Crippen molar-refractivity contribution < 1.29 is 9.13 Å². The highest BCUT2D eigenvalue weighted by molar-refractivity contribution is 5.59. The molecule has 1 aromatic heterocycles. The van der Waals surface area contributed by atoms with Crippen LogP contribution in [0.1, 0.15) is 19.3 Å². The maximum absolute atomic E-state index is 12.9. The second-order valence-electron chi connectivity index (χ2n) is 6.09. The summed E-state index contributed by atoms with van der Waals surface area (Å²) in [5, 5.41) is 9.01. The summed E-state index contributed by atoms with van der Waals surface area (Å²) < 4.78 is 18.9. The van der Waals surface area contributed by atoms with E-state index in [2.05, 4.69) is 11.1 Å². The van der Waals surface area contributed by atoms with Crippen LogP contribution in [0.15, 0.2) is 42.6 Å². The highest BCUT2D eigenvalue weighted by Gasteiger charge is 2.71. The lowest BCUT2D eigenvalue weighted by atomic mass is 9.42. The van der Waals surface area contributed by atoms with Crippen LogP contribution in [0.2, 0.25) is 0 Å². The fourth-order valence-corrected chi connectivity index (χ4v) is 3.41. The lowest BCUT2D eigenvalue weighted by molar-refractivity contribution is -0.211. The van der Waals surface area contributed by atoms with Crippen LogP contribution in [-0.2, 0) is 0 Å². The van der Waals surface area contributed by atoms with Crippen molar-refractivity contribution in [1.82, 2.24) is 4.98 Å². The molecule has 0 N–H and O–H groups in total. The Kier molecular flexibility index (Phi) is 2.38. The predicted molar refractivity (Wildman–Crippen MR) is 74.9 cm³/mol. The monoisotopic (exact) mass is 280 g/mol. The van der Waals surface area contributed by atoms with Gasteiger partial charge in [0.25, 0.3) is 0 Å². The van der Waals surface area contributed by atoms with Gasteiger partial charge in [0.15, 0.2) is 0 Å². The van der Waals surface area contributed by atoms with Gasteiger partial charge >= 0.3 is 0 Å². The average Bonchev–Trinajstić information content (AvgIpc) is 2.43. The zero-order valence-electron chi connectivity index (χ0n) is 11.3. The Hall–Kier alpha value is -2.41. The van der Waals surface area contributed by atoms with Crippen LogP contribution in [-0.4, -0.2) is 10.6 Å². The predicted octanol–water partition coefficient (Wildman–Crippen LogP) is 3.71. The molecule has 0 aliphatic heterocycles. The Bertz CT molecular complexity index is 711. The van der Waals surface area contributed by atoms with E-state index >= 15 is 0 Å². The number of halogens is 1. The van der Waals surface area contributed by atoms with E-state index in [1.165, 1.54) is 12.3 Å². The molecular formula is C17H13FN2O. The zero-order chi connectivity index (χ0) is 14.5. The van der Waals surface area contributed by atoms with Crippen LogP contribution < -0.4 is 4.74 Å². The minimum absolute atomic E-state index is 0.0992. The molecule has 0 radical (unpaired) electrons. The first-order chi connectivity index (χ1) is 10.1. The largest absolute Gasteiger partial charge is 0.487 e. The van der Waals surface area contributed by atoms with Crippen molar-refractivity contribution in [3.8, 4) is 23.1 Å². The topological polar surface area (TPSA) is 45.9 Å². The van der Waals surface area contributed by atoms with E-state index < -0.39 is 0 Å². The van der Waals surface area contributed by atoms with Crippen molar-refractivity contribution in [3.05, 3.63) is 48.4 Å². The molecule has 2 bridgehead atoms. The van der Waals surface area contributed by atoms with Crippen LogP contribution in [0.3, 0.4) is 0 Å². The van der Waals surface area contributed by atoms with Gasteiger partial charge in [-0.25, -0.2) is 4.39 Å². The summed E-state index contributed by atoms with van der Waals surface area (Å²) in [6.45, 7) is 0. The lowest BCUT2D eigenvalue weighted by Gasteiger charge is -2.65. The Morgan fingerprint density at radius 1 is 1.10 bits per heavy atom. The molecule has 3 aliphatic carbocycles. The number of hydrogen-bond donors (Lipinski definition) is 0. The van der Waals surface area contributed by atoms with Crippen molar-refractivity contribution in [1.29, 1.82) is 5.26 Å². The molecule has 0 atom stereocenters. The third-order valence-corrected chi connectivity index (χ3v) is 4.43. The molecule has 0 amide bonds. The molecule has 5 rings (SSSR count). The number of nitrogens with zero attached hydrogens (tertiary/aromatic N) is 2. The smallest absolute Gasteiger partial charge is 0.141 e. The van der Waals surface area contributed by atoms with Crippen LogP contribution in [0.4, 0.5) is 4.39 Å². The maximum Gasteiger partial charge on any atom is 0.141 e. The van der Waals surface area contributed by atoms with E-state index in [1.54, 1.807) is 6.07 Å². The van der Waals surface area contributed by atoms with Crippen LogP contribution in [0, 0.1) is 22.6 Å². The molecule has 0 spiro atoms. The third-order valence-electron chi connectivity index (χ3n) is 4.43. The number of rotatable bonds is 3. The van der Waals surface area contributed by atoms with Crippen molar-refractivity contribution in [2.45, 2.75) is 24.9 Å². The molecule has 4 heteroatoms. The molecule has 1 heterocycles. The van der Waals surface area contributed by atoms with Crippen LogP contribution in [0.25, 0.3) is 11.3 Å². The summed E-state index contributed by atoms with van der Waals surface area (Å²) in [6.07, 6.45) is 3.75. The Balaban J connectivity index is 1.48. The Morgan fingerprint density at radius 2 is 1.81 bits per heavy atom. The van der Waals surface area contributed by atoms with Gasteiger partial charge in [0.1, 0.15) is 17.2 Å². The fraction of sp³-hybridized carbons (Fsp3) is 0.294. The minimum atomic E-state index is -0.339. The van der Waals surface area contributed by atoms with Gasteiger partial charge in [0, 0.05) is 24.8 Å². The first-order valence-electron chi connectivity index (χ1n) is 6.94. The van der Waals surface area contributed by atoms with Crippen molar-refractivity contribution >= 4 is 0 Å². The normalized spacial score (nSPS) is 29.0. The highest BCUT2D eigenvalue weighted by atomic mass is 19.1. The number of ether oxygens (including phenoxy) is 1. The van der Waals surface area contributed by atoms with Gasteiger partial charge in [0.2, 0.25) is 0 Å². The first-order valence-corrected chi connectivity index (χ1v) is 6.94. The Labute approximate surface area is 122 Å². The molecule has 2 aromatic rings. The van der Waals surface area contributed by atoms with E-state index in [9.17, 15) is 4.39 Å². The molecule has 3 saturated carbocycles. The van der Waals surface area contributed by atoms with Gasteiger partial charge in [0.05, 0.1) is 23.4 Å². The lowest BCUT2D eigenvalue weighted by Crippen LogP contribution is -2.69. The van der Waals surface area contributed by atoms with E-state index in [0.717, 1.165) is 36.3 Å². The number of aromatic nitrogens is 1. The van der Waals surface area contributed by atoms with E-state index in [-0.39, 0.29) is 16.8 Å². The molecular weight excluding hydrogens is 267 g/mol. The molecule has 3 fully saturated rings. The second kappa shape index (κ2) is 4.05. The number of pyridine rings is 1. The first kappa shape index (κ1) is 12.3. The Morgan fingerprint density at radius 3 is 2.38 bits per heavy atom. The van der Waals surface area contributed by atoms with E-state index in [0.29, 0.717) is 0 Å². The standard InChI is InChI=1S/C17H13FN2O/c18-13-3-6-15(20-7-13)12-1-4-14(5-2-12)21-17-8-16(9-17,10-17)11-19/h1-7H,8-10H2. The molecule has 0 unspecified atom stereocenters. The van der Waals surface area contributed by atoms with Gasteiger partial charge in [-0.3, -0.25) is 4.98 Å². The van der Waals surface area contributed by atoms with Gasteiger partial charge in [-0.1, -0.05) is 0 Å². The van der Waals surface area contributed by atoms with Crippen LogP contribution >= 0.6 is 0 Å². The molecule has 0 saturated heterocycles. The number of benzene rings is 1. The number of nitriles is 1. The fourth-order valence-electron chi connectivity index (χ4n) is 3.41. The summed E-state index contributed by atoms with van der Waals surface area (Å²) in [5.74, 6) is 0.473. The van der Waals surface area contributed by atoms with E-state index in [1.807, 2.05) is 24.3 Å². The third kappa shape index (κ3) is 1.89. The van der Waals surface area contributed by atoms with Crippen molar-refractivity contribution in [2.75, 3.05) is 0 Å². The van der Waals surface area contributed by atoms with E-state index in [4.69, 9.17) is 10.00 Å². The second-order valence-corrected chi connectivity index (χ2v) is 6.09. The van der Waals surface area contributed by atoms with Gasteiger partial charge in [-0.15, -0.1) is 0 Å². The molecule has 3 aliphatic rings. The average molecular weight is 280 g/mol. The van der Waals surface area contributed by atoms with Crippen molar-refractivity contribution in [3.63, 3.8) is 0 Å². The van der Waals surface area contributed by atoms with Crippen LogP contribution in [0.5, 0.6) is 5.75 Å². The molecule has 104 valence electrons. The summed E-state index contributed by atoms with van der Waals surface area (Å²) in [6, 6.07) is 13.1. The summed E-state index contributed by atoms with van der Waals surface area (Å²) >= 11 is 0. The van der Waals surface area contributed by atoms with Gasteiger partial charge in [-0.05, 0) is 36.4 Å². The number of hydrogen-bond acceptors (Lipinski definition) is 3. The molecule has 21 heavy (non-hydrogen) atoms. The molecule has 1 aromatic carbocycles. The summed E-state index contributed by atoms with van der Waals surface area (Å²) in [5.41, 5.74) is 1.45. The highest BCUT2D eigenvalue weighted by Crippen LogP contribution is 2.68. The summed E-state index contributed by atoms with van der Waals surface area (Å²) in [4.78, 5) is 4.06. The quantitative estimate of drug-likeness (QED) is 0.861. The summed E-state index contributed by atoms with van der Waals surface area (Å²) in [7, 11) is 0. The van der Waals surface area contributed by atoms with Gasteiger partial charge in [-0.2, -0.15) is 5.26 Å². The zero-order valence-corrected chi connectivity index (χ0v) is 11.3. The minimum Gasteiger partial charge on any atom is -0.487 e. The van der Waals surface area contributed by atoms with Crippen molar-refractivity contribution in [2.24, 2.45) is 5.41 Å². The molecule has 3 nitrogen and oxygen atoms in total. The van der Waals surface area contributed by atoms with Gasteiger partial charge < -0.3 is 4.74 Å².